The van der Waals surface area contributed by atoms with Crippen molar-refractivity contribution in [2.45, 2.75) is 25.4 Å². The molecule has 1 aliphatic rings. The fourth-order valence-corrected chi connectivity index (χ4v) is 4.69. The van der Waals surface area contributed by atoms with Gasteiger partial charge in [0.1, 0.15) is 5.75 Å². The van der Waals surface area contributed by atoms with Gasteiger partial charge in [0.25, 0.3) is 0 Å². The van der Waals surface area contributed by atoms with Crippen LogP contribution in [0, 0.1) is 0 Å². The first kappa shape index (κ1) is 22.8. The summed E-state index contributed by atoms with van der Waals surface area (Å²) < 4.78 is 16.5. The molecule has 0 aliphatic carbocycles. The molecule has 1 aliphatic heterocycles. The molecular weight excluding hydrogens is 445 g/mol. The second kappa shape index (κ2) is 10.0. The Hall–Kier alpha value is -2.40. The van der Waals surface area contributed by atoms with E-state index in [-0.39, 0.29) is 6.04 Å². The topological polar surface area (TPSA) is 30.9 Å². The zero-order chi connectivity index (χ0) is 22.7. The lowest BCUT2D eigenvalue weighted by Gasteiger charge is -2.38. The van der Waals surface area contributed by atoms with Gasteiger partial charge in [0.15, 0.2) is 11.5 Å². The lowest BCUT2D eigenvalue weighted by molar-refractivity contribution is 0.174. The van der Waals surface area contributed by atoms with Crippen molar-refractivity contribution in [3.8, 4) is 17.2 Å². The van der Waals surface area contributed by atoms with Gasteiger partial charge in [-0.3, -0.25) is 4.90 Å². The largest absolute Gasteiger partial charge is 0.497 e. The maximum atomic E-state index is 6.29. The Balaban J connectivity index is 1.70. The molecule has 1 atom stereocenters. The van der Waals surface area contributed by atoms with Gasteiger partial charge in [-0.25, -0.2) is 0 Å². The molecular formula is C26H27Cl2NO3. The van der Waals surface area contributed by atoms with E-state index in [4.69, 9.17) is 37.4 Å². The number of rotatable bonds is 7. The molecule has 0 spiro atoms. The van der Waals surface area contributed by atoms with Crippen LogP contribution in [0.4, 0.5) is 0 Å². The molecule has 0 saturated heterocycles. The van der Waals surface area contributed by atoms with Crippen LogP contribution >= 0.6 is 23.2 Å². The molecule has 4 nitrogen and oxygen atoms in total. The van der Waals surface area contributed by atoms with E-state index < -0.39 is 0 Å². The predicted molar refractivity (Wildman–Crippen MR) is 130 cm³/mol. The minimum absolute atomic E-state index is 0.182. The van der Waals surface area contributed by atoms with E-state index in [9.17, 15) is 0 Å². The molecule has 1 unspecified atom stereocenters. The van der Waals surface area contributed by atoms with Crippen LogP contribution in [0.15, 0.2) is 54.6 Å². The molecule has 6 heteroatoms. The molecule has 4 rings (SSSR count). The number of hydrogen-bond donors (Lipinski definition) is 0. The minimum atomic E-state index is 0.182. The molecule has 1 heterocycles. The van der Waals surface area contributed by atoms with E-state index >= 15 is 0 Å². The highest BCUT2D eigenvalue weighted by molar-refractivity contribution is 6.42. The van der Waals surface area contributed by atoms with Gasteiger partial charge in [0.05, 0.1) is 31.4 Å². The number of hydrogen-bond acceptors (Lipinski definition) is 4. The van der Waals surface area contributed by atoms with E-state index in [2.05, 4.69) is 29.2 Å². The number of ether oxygens (including phenoxy) is 3. The van der Waals surface area contributed by atoms with Crippen molar-refractivity contribution < 1.29 is 14.2 Å². The third-order valence-corrected chi connectivity index (χ3v) is 6.81. The van der Waals surface area contributed by atoms with Crippen molar-refractivity contribution in [3.05, 3.63) is 86.9 Å². The van der Waals surface area contributed by atoms with E-state index in [0.29, 0.717) is 10.0 Å². The van der Waals surface area contributed by atoms with E-state index in [0.717, 1.165) is 48.7 Å². The highest BCUT2D eigenvalue weighted by atomic mass is 35.5. The third kappa shape index (κ3) is 4.83. The molecule has 0 fully saturated rings. The van der Waals surface area contributed by atoms with E-state index in [1.54, 1.807) is 21.3 Å². The van der Waals surface area contributed by atoms with Crippen molar-refractivity contribution >= 4 is 23.2 Å². The number of fused-ring (bicyclic) bond motifs is 1. The van der Waals surface area contributed by atoms with Crippen molar-refractivity contribution in [2.75, 3.05) is 27.9 Å². The van der Waals surface area contributed by atoms with Crippen LogP contribution in [-0.4, -0.2) is 32.8 Å². The Morgan fingerprint density at radius 1 is 0.812 bits per heavy atom. The Kier molecular flexibility index (Phi) is 7.14. The predicted octanol–water partition coefficient (Wildman–Crippen LogP) is 6.36. The first-order valence-electron chi connectivity index (χ1n) is 10.6. The molecule has 32 heavy (non-hydrogen) atoms. The summed E-state index contributed by atoms with van der Waals surface area (Å²) in [6.07, 6.45) is 1.81. The van der Waals surface area contributed by atoms with E-state index in [1.165, 1.54) is 16.7 Å². The van der Waals surface area contributed by atoms with Gasteiger partial charge in [-0.15, -0.1) is 0 Å². The van der Waals surface area contributed by atoms with Gasteiger partial charge in [-0.2, -0.15) is 0 Å². The number of methoxy groups -OCH3 is 3. The molecule has 0 amide bonds. The minimum Gasteiger partial charge on any atom is -0.497 e. The molecule has 0 saturated carbocycles. The standard InChI is InChI=1S/C26H27Cl2NO3/c1-30-20-7-4-17(5-8-20)13-24-21-15-26(32-3)25(31-2)14-19(21)10-11-29(24)16-18-6-9-22(27)23(28)12-18/h4-9,12,14-15,24H,10-11,13,16H2,1-3H3. The average Bonchev–Trinajstić information content (AvgIpc) is 2.82. The van der Waals surface area contributed by atoms with Crippen molar-refractivity contribution in [3.63, 3.8) is 0 Å². The highest BCUT2D eigenvalue weighted by Gasteiger charge is 2.29. The summed E-state index contributed by atoms with van der Waals surface area (Å²) in [5, 5.41) is 1.16. The smallest absolute Gasteiger partial charge is 0.161 e. The van der Waals surface area contributed by atoms with Gasteiger partial charge in [0, 0.05) is 19.1 Å². The maximum Gasteiger partial charge on any atom is 0.161 e. The number of nitrogens with zero attached hydrogens (tertiary/aromatic N) is 1. The zero-order valence-corrected chi connectivity index (χ0v) is 20.0. The summed E-state index contributed by atoms with van der Waals surface area (Å²) in [4.78, 5) is 2.50. The van der Waals surface area contributed by atoms with Gasteiger partial charge in [-0.05, 0) is 71.5 Å². The molecule has 0 N–H and O–H groups in total. The fourth-order valence-electron chi connectivity index (χ4n) is 4.37. The molecule has 3 aromatic rings. The number of halogens is 2. The molecule has 0 aromatic heterocycles. The molecule has 0 radical (unpaired) electrons. The van der Waals surface area contributed by atoms with Gasteiger partial charge in [-0.1, -0.05) is 41.4 Å². The maximum absolute atomic E-state index is 6.29. The third-order valence-electron chi connectivity index (χ3n) is 6.07. The number of benzene rings is 3. The zero-order valence-electron chi connectivity index (χ0n) is 18.5. The van der Waals surface area contributed by atoms with Crippen LogP contribution in [0.5, 0.6) is 17.2 Å². The van der Waals surface area contributed by atoms with Crippen molar-refractivity contribution in [1.29, 1.82) is 0 Å². The van der Waals surface area contributed by atoms with Crippen LogP contribution in [0.1, 0.15) is 28.3 Å². The van der Waals surface area contributed by atoms with Crippen LogP contribution in [0.3, 0.4) is 0 Å². The van der Waals surface area contributed by atoms with Gasteiger partial charge in [0.2, 0.25) is 0 Å². The lowest BCUT2D eigenvalue weighted by Crippen LogP contribution is -2.36. The average molecular weight is 472 g/mol. The Labute approximate surface area is 199 Å². The molecule has 0 bridgehead atoms. The van der Waals surface area contributed by atoms with Crippen LogP contribution < -0.4 is 14.2 Å². The van der Waals surface area contributed by atoms with Crippen molar-refractivity contribution in [1.82, 2.24) is 4.90 Å². The Morgan fingerprint density at radius 2 is 1.50 bits per heavy atom. The molecule has 3 aromatic carbocycles. The Bertz CT molecular complexity index is 1090. The summed E-state index contributed by atoms with van der Waals surface area (Å²) in [6, 6.07) is 18.6. The second-order valence-electron chi connectivity index (χ2n) is 7.94. The van der Waals surface area contributed by atoms with Crippen LogP contribution in [0.2, 0.25) is 10.0 Å². The van der Waals surface area contributed by atoms with Gasteiger partial charge >= 0.3 is 0 Å². The summed E-state index contributed by atoms with van der Waals surface area (Å²) in [5.41, 5.74) is 4.96. The normalized spacial score (nSPS) is 15.8. The fraction of sp³-hybridized carbons (Fsp3) is 0.308. The second-order valence-corrected chi connectivity index (χ2v) is 8.76. The highest BCUT2D eigenvalue weighted by Crippen LogP contribution is 2.40. The monoisotopic (exact) mass is 471 g/mol. The molecule has 168 valence electrons. The summed E-state index contributed by atoms with van der Waals surface area (Å²) >= 11 is 12.4. The van der Waals surface area contributed by atoms with E-state index in [1.807, 2.05) is 30.3 Å². The summed E-state index contributed by atoms with van der Waals surface area (Å²) in [5.74, 6) is 2.38. The lowest BCUT2D eigenvalue weighted by atomic mass is 9.87. The Morgan fingerprint density at radius 3 is 2.16 bits per heavy atom. The SMILES string of the molecule is COc1ccc(CC2c3cc(OC)c(OC)cc3CCN2Cc2ccc(Cl)c(Cl)c2)cc1. The van der Waals surface area contributed by atoms with Crippen LogP contribution in [0.25, 0.3) is 0 Å². The quantitative estimate of drug-likeness (QED) is 0.400. The first-order chi connectivity index (χ1) is 15.5. The van der Waals surface area contributed by atoms with Crippen molar-refractivity contribution in [2.24, 2.45) is 0 Å². The summed E-state index contributed by atoms with van der Waals surface area (Å²) in [6.45, 7) is 1.72. The van der Waals surface area contributed by atoms with Crippen LogP contribution in [-0.2, 0) is 19.4 Å². The first-order valence-corrected chi connectivity index (χ1v) is 11.3. The van der Waals surface area contributed by atoms with Gasteiger partial charge < -0.3 is 14.2 Å². The summed E-state index contributed by atoms with van der Waals surface area (Å²) in [7, 11) is 5.04.